The maximum absolute atomic E-state index is 10.7. The molecule has 1 unspecified atom stereocenters. The summed E-state index contributed by atoms with van der Waals surface area (Å²) in [7, 11) is 1.39. The largest absolute Gasteiger partial charge is 0.345 e. The van der Waals surface area contributed by atoms with Crippen LogP contribution in [0.1, 0.15) is 110 Å². The van der Waals surface area contributed by atoms with Crippen molar-refractivity contribution in [3.63, 3.8) is 0 Å². The van der Waals surface area contributed by atoms with E-state index in [9.17, 15) is 4.57 Å². The Morgan fingerprint density at radius 1 is 0.708 bits per heavy atom. The minimum Gasteiger partial charge on any atom is -0.345 e. The minimum absolute atomic E-state index is 0.239. The van der Waals surface area contributed by atoms with Crippen LogP contribution in [0.4, 0.5) is 0 Å². The SMILES string of the molecule is [CH2]N(CCCCCCCCCCCCCCCCCC)C[PH](=O)O. The smallest absolute Gasteiger partial charge is 0.202 e. The highest BCUT2D eigenvalue weighted by atomic mass is 31.1. The summed E-state index contributed by atoms with van der Waals surface area (Å²) in [6, 6.07) is 0. The summed E-state index contributed by atoms with van der Waals surface area (Å²) in [5.74, 6) is 0. The molecule has 1 radical (unpaired) electrons. The molecule has 0 aliphatic carbocycles. The van der Waals surface area contributed by atoms with E-state index in [0.717, 1.165) is 13.0 Å². The zero-order valence-electron chi connectivity index (χ0n) is 16.2. The van der Waals surface area contributed by atoms with Gasteiger partial charge in [0.1, 0.15) is 0 Å². The normalized spacial score (nSPS) is 12.8. The van der Waals surface area contributed by atoms with Crippen molar-refractivity contribution < 1.29 is 9.46 Å². The van der Waals surface area contributed by atoms with Gasteiger partial charge in [-0.25, -0.2) is 0 Å². The lowest BCUT2D eigenvalue weighted by Gasteiger charge is -2.13. The lowest BCUT2D eigenvalue weighted by molar-refractivity contribution is 0.385. The van der Waals surface area contributed by atoms with Gasteiger partial charge in [0, 0.05) is 7.05 Å². The van der Waals surface area contributed by atoms with Gasteiger partial charge in [-0.1, -0.05) is 103 Å². The van der Waals surface area contributed by atoms with Crippen LogP contribution in [0.25, 0.3) is 0 Å². The Bertz CT molecular complexity index is 274. The molecule has 0 saturated carbocycles. The van der Waals surface area contributed by atoms with Gasteiger partial charge in [-0.05, 0) is 13.0 Å². The molecule has 0 aliphatic rings. The second-order valence-corrected chi connectivity index (χ2v) is 8.35. The molecule has 0 heterocycles. The first kappa shape index (κ1) is 24.1. The van der Waals surface area contributed by atoms with Crippen LogP contribution in [0, 0.1) is 7.05 Å². The van der Waals surface area contributed by atoms with Crippen LogP contribution in [-0.4, -0.2) is 22.6 Å². The van der Waals surface area contributed by atoms with Gasteiger partial charge in [0.15, 0.2) is 0 Å². The summed E-state index contributed by atoms with van der Waals surface area (Å²) in [5, 5.41) is 0. The number of hydrogen-bond acceptors (Lipinski definition) is 2. The molecule has 0 saturated heterocycles. The molecule has 0 aromatic heterocycles. The van der Waals surface area contributed by atoms with E-state index >= 15 is 0 Å². The second kappa shape index (κ2) is 19.5. The average Bonchev–Trinajstić information content (AvgIpc) is 2.53. The summed E-state index contributed by atoms with van der Waals surface area (Å²) in [4.78, 5) is 10.5. The Kier molecular flexibility index (Phi) is 19.6. The molecule has 0 aliphatic heterocycles. The Morgan fingerprint density at radius 3 is 1.38 bits per heavy atom. The Hall–Kier alpha value is 0.150. The van der Waals surface area contributed by atoms with E-state index in [0.29, 0.717) is 0 Å². The number of unbranched alkanes of at least 4 members (excludes halogenated alkanes) is 15. The third kappa shape index (κ3) is 20.2. The van der Waals surface area contributed by atoms with Crippen LogP contribution in [-0.2, 0) is 4.57 Å². The van der Waals surface area contributed by atoms with E-state index in [1.807, 2.05) is 0 Å². The topological polar surface area (TPSA) is 40.5 Å². The summed E-state index contributed by atoms with van der Waals surface area (Å²) in [6.45, 7) is 3.12. The molecular formula is C20H43NO2P. The van der Waals surface area contributed by atoms with Gasteiger partial charge in [-0.2, -0.15) is 0 Å². The molecule has 0 rings (SSSR count). The van der Waals surface area contributed by atoms with Gasteiger partial charge in [0.05, 0.1) is 6.29 Å². The van der Waals surface area contributed by atoms with Gasteiger partial charge in [-0.3, -0.25) is 9.46 Å². The van der Waals surface area contributed by atoms with Crippen LogP contribution >= 0.6 is 8.03 Å². The molecule has 3 nitrogen and oxygen atoms in total. The van der Waals surface area contributed by atoms with Crippen molar-refractivity contribution in [3.8, 4) is 0 Å². The van der Waals surface area contributed by atoms with E-state index in [2.05, 4.69) is 14.0 Å². The number of nitrogens with zero attached hydrogens (tertiary/aromatic N) is 1. The molecule has 0 amide bonds. The maximum Gasteiger partial charge on any atom is 0.202 e. The summed E-state index contributed by atoms with van der Waals surface area (Å²) >= 11 is 0. The van der Waals surface area contributed by atoms with Crippen LogP contribution in [0.5, 0.6) is 0 Å². The first-order chi connectivity index (χ1) is 11.7. The fraction of sp³-hybridized carbons (Fsp3) is 0.950. The van der Waals surface area contributed by atoms with Crippen molar-refractivity contribution in [2.24, 2.45) is 0 Å². The van der Waals surface area contributed by atoms with Crippen molar-refractivity contribution in [3.05, 3.63) is 7.05 Å². The van der Waals surface area contributed by atoms with Crippen LogP contribution in [0.15, 0.2) is 0 Å². The van der Waals surface area contributed by atoms with E-state index in [4.69, 9.17) is 4.89 Å². The molecular weight excluding hydrogens is 317 g/mol. The molecule has 24 heavy (non-hydrogen) atoms. The van der Waals surface area contributed by atoms with Gasteiger partial charge >= 0.3 is 0 Å². The highest BCUT2D eigenvalue weighted by molar-refractivity contribution is 7.37. The highest BCUT2D eigenvalue weighted by Gasteiger charge is 2.01. The Labute approximate surface area is 152 Å². The predicted octanol–water partition coefficient (Wildman–Crippen LogP) is 6.77. The quantitative estimate of drug-likeness (QED) is 0.204. The van der Waals surface area contributed by atoms with Crippen molar-refractivity contribution in [2.45, 2.75) is 110 Å². The fourth-order valence-electron chi connectivity index (χ4n) is 3.15. The molecule has 0 spiro atoms. The van der Waals surface area contributed by atoms with Crippen molar-refractivity contribution in [1.82, 2.24) is 4.90 Å². The fourth-order valence-corrected chi connectivity index (χ4v) is 3.69. The second-order valence-electron chi connectivity index (χ2n) is 7.25. The van der Waals surface area contributed by atoms with Gasteiger partial charge < -0.3 is 4.89 Å². The van der Waals surface area contributed by atoms with Crippen LogP contribution in [0.2, 0.25) is 0 Å². The lowest BCUT2D eigenvalue weighted by Crippen LogP contribution is -2.16. The molecule has 1 N–H and O–H groups in total. The van der Waals surface area contributed by atoms with Gasteiger partial charge in [0.2, 0.25) is 8.03 Å². The molecule has 0 aromatic carbocycles. The van der Waals surface area contributed by atoms with Crippen molar-refractivity contribution in [1.29, 1.82) is 0 Å². The van der Waals surface area contributed by atoms with Crippen molar-refractivity contribution >= 4 is 8.03 Å². The van der Waals surface area contributed by atoms with E-state index in [1.54, 1.807) is 4.90 Å². The summed E-state index contributed by atoms with van der Waals surface area (Å²) in [6.07, 6.45) is 22.2. The first-order valence-electron chi connectivity index (χ1n) is 10.4. The highest BCUT2D eigenvalue weighted by Crippen LogP contribution is 2.16. The molecule has 0 fully saturated rings. The lowest BCUT2D eigenvalue weighted by atomic mass is 10.0. The molecule has 1 atom stereocenters. The molecule has 0 bridgehead atoms. The first-order valence-corrected chi connectivity index (χ1v) is 12.0. The van der Waals surface area contributed by atoms with Gasteiger partial charge in [0.25, 0.3) is 0 Å². The molecule has 4 heteroatoms. The third-order valence-corrected chi connectivity index (χ3v) is 5.40. The predicted molar refractivity (Wildman–Crippen MR) is 108 cm³/mol. The standard InChI is InChI=1S/C20H43NO2P/c1-3-4-5-6-7-8-9-10-11-12-13-14-15-16-17-18-19-21(2)20-24(22)23/h24H,2-20H2,1H3,(H,22,23). The zero-order valence-corrected chi connectivity index (χ0v) is 17.2. The van der Waals surface area contributed by atoms with E-state index in [-0.39, 0.29) is 6.29 Å². The zero-order chi connectivity index (χ0) is 17.9. The van der Waals surface area contributed by atoms with E-state index < -0.39 is 8.03 Å². The minimum atomic E-state index is -2.39. The summed E-state index contributed by atoms with van der Waals surface area (Å²) < 4.78 is 10.7. The monoisotopic (exact) mass is 360 g/mol. The van der Waals surface area contributed by atoms with Crippen LogP contribution < -0.4 is 0 Å². The van der Waals surface area contributed by atoms with Crippen molar-refractivity contribution in [2.75, 3.05) is 12.8 Å². The molecule has 145 valence electrons. The number of rotatable bonds is 19. The Morgan fingerprint density at radius 2 is 1.04 bits per heavy atom. The average molecular weight is 361 g/mol. The summed E-state index contributed by atoms with van der Waals surface area (Å²) in [5.41, 5.74) is 0. The number of hydrogen-bond donors (Lipinski definition) is 1. The Balaban J connectivity index is 3.06. The van der Waals surface area contributed by atoms with Crippen LogP contribution in [0.3, 0.4) is 0 Å². The molecule has 0 aromatic rings. The van der Waals surface area contributed by atoms with E-state index in [1.165, 1.54) is 96.3 Å². The maximum atomic E-state index is 10.7. The van der Waals surface area contributed by atoms with Gasteiger partial charge in [-0.15, -0.1) is 0 Å². The third-order valence-electron chi connectivity index (χ3n) is 4.69.